The highest BCUT2D eigenvalue weighted by Gasteiger charge is 2.38. The Morgan fingerprint density at radius 2 is 1.73 bits per heavy atom. The fraction of sp³-hybridized carbons (Fsp3) is 0.750. The molecule has 1 aliphatic carbocycles. The monoisotopic (exact) mass is 212 g/mol. The van der Waals surface area contributed by atoms with Gasteiger partial charge in [-0.15, -0.1) is 0 Å². The van der Waals surface area contributed by atoms with E-state index in [9.17, 15) is 9.90 Å². The highest BCUT2D eigenvalue weighted by atomic mass is 16.6. The van der Waals surface area contributed by atoms with Crippen LogP contribution in [-0.2, 0) is 9.53 Å². The molecule has 0 aliphatic heterocycles. The maximum absolute atomic E-state index is 11.4. The fourth-order valence-electron chi connectivity index (χ4n) is 1.73. The molecule has 0 heterocycles. The average Bonchev–Trinajstić information content (AvgIpc) is 2.11. The summed E-state index contributed by atoms with van der Waals surface area (Å²) in [5.41, 5.74) is -0.610. The molecule has 0 saturated heterocycles. The zero-order chi connectivity index (χ0) is 11.7. The lowest BCUT2D eigenvalue weighted by molar-refractivity contribution is -0.161. The molecule has 0 aromatic rings. The molecular formula is C12H20O3. The van der Waals surface area contributed by atoms with Crippen LogP contribution < -0.4 is 0 Å². The van der Waals surface area contributed by atoms with Crippen molar-refractivity contribution in [1.82, 2.24) is 0 Å². The van der Waals surface area contributed by atoms with Crippen molar-refractivity contribution in [3.05, 3.63) is 12.2 Å². The molecule has 0 aromatic carbocycles. The van der Waals surface area contributed by atoms with Gasteiger partial charge in [0.2, 0.25) is 0 Å². The number of carbonyl (C=O) groups excluding carboxylic acids is 1. The summed E-state index contributed by atoms with van der Waals surface area (Å²) in [5.74, 6) is -0.334. The minimum absolute atomic E-state index is 0.334. The van der Waals surface area contributed by atoms with Crippen molar-refractivity contribution >= 4 is 5.97 Å². The predicted octanol–water partition coefficient (Wildman–Crippen LogP) is 2.19. The number of ether oxygens (including phenoxy) is 1. The summed E-state index contributed by atoms with van der Waals surface area (Å²) in [7, 11) is 0. The van der Waals surface area contributed by atoms with E-state index in [1.807, 2.05) is 13.8 Å². The Balaban J connectivity index is 2.56. The molecule has 0 radical (unpaired) electrons. The summed E-state index contributed by atoms with van der Waals surface area (Å²) in [6.07, 6.45) is 2.76. The van der Waals surface area contributed by atoms with Crippen molar-refractivity contribution in [2.24, 2.45) is 0 Å². The first-order valence-electron chi connectivity index (χ1n) is 5.35. The van der Waals surface area contributed by atoms with E-state index in [1.54, 1.807) is 6.92 Å². The third kappa shape index (κ3) is 3.34. The van der Waals surface area contributed by atoms with E-state index in [1.165, 1.54) is 0 Å². The van der Waals surface area contributed by atoms with Gasteiger partial charge in [-0.25, -0.2) is 4.79 Å². The summed E-state index contributed by atoms with van der Waals surface area (Å²) in [5, 5.41) is 9.79. The van der Waals surface area contributed by atoms with E-state index in [-0.39, 0.29) is 5.97 Å². The maximum Gasteiger partial charge on any atom is 0.333 e. The van der Waals surface area contributed by atoms with Crippen LogP contribution in [0, 0.1) is 0 Å². The summed E-state index contributed by atoms with van der Waals surface area (Å²) in [6, 6.07) is 0. The van der Waals surface area contributed by atoms with Crippen LogP contribution in [-0.4, -0.2) is 22.3 Å². The van der Waals surface area contributed by atoms with Crippen LogP contribution in [0.2, 0.25) is 0 Å². The molecule has 0 bridgehead atoms. The number of carbonyl (C=O) groups is 1. The van der Waals surface area contributed by atoms with Crippen LogP contribution in [0.3, 0.4) is 0 Å². The normalized spacial score (nSPS) is 36.0. The van der Waals surface area contributed by atoms with Gasteiger partial charge < -0.3 is 9.84 Å². The van der Waals surface area contributed by atoms with Crippen LogP contribution >= 0.6 is 0 Å². The van der Waals surface area contributed by atoms with E-state index < -0.39 is 11.2 Å². The SMILES string of the molecule is C=C(C)C(=O)OC1(C)CCC(C)(O)CC1. The highest BCUT2D eigenvalue weighted by molar-refractivity contribution is 5.87. The topological polar surface area (TPSA) is 46.5 Å². The number of aliphatic hydroxyl groups is 1. The molecule has 86 valence electrons. The summed E-state index contributed by atoms with van der Waals surface area (Å²) in [4.78, 5) is 11.4. The number of hydrogen-bond donors (Lipinski definition) is 1. The Bertz CT molecular complexity index is 269. The molecule has 3 nitrogen and oxygen atoms in total. The van der Waals surface area contributed by atoms with Gasteiger partial charge >= 0.3 is 5.97 Å². The molecule has 0 spiro atoms. The second-order valence-corrected chi connectivity index (χ2v) is 5.12. The standard InChI is InChI=1S/C12H20O3/c1-9(2)10(13)15-12(4)7-5-11(3,14)6-8-12/h14H,1,5-8H2,2-4H3. The predicted molar refractivity (Wildman–Crippen MR) is 58.4 cm³/mol. The minimum Gasteiger partial charge on any atom is -0.456 e. The molecule has 1 rings (SSSR count). The van der Waals surface area contributed by atoms with Crippen molar-refractivity contribution in [3.63, 3.8) is 0 Å². The van der Waals surface area contributed by atoms with Crippen molar-refractivity contribution in [3.8, 4) is 0 Å². The van der Waals surface area contributed by atoms with Gasteiger partial charge in [0, 0.05) is 5.57 Å². The first kappa shape index (κ1) is 12.2. The maximum atomic E-state index is 11.4. The van der Waals surface area contributed by atoms with Crippen molar-refractivity contribution < 1.29 is 14.6 Å². The lowest BCUT2D eigenvalue weighted by Crippen LogP contribution is -2.42. The molecular weight excluding hydrogens is 192 g/mol. The van der Waals surface area contributed by atoms with Gasteiger partial charge in [-0.1, -0.05) is 6.58 Å². The first-order valence-corrected chi connectivity index (χ1v) is 5.35. The Morgan fingerprint density at radius 1 is 1.27 bits per heavy atom. The molecule has 1 fully saturated rings. The Hall–Kier alpha value is -0.830. The zero-order valence-corrected chi connectivity index (χ0v) is 9.80. The van der Waals surface area contributed by atoms with Gasteiger partial charge in [-0.3, -0.25) is 0 Å². The van der Waals surface area contributed by atoms with Crippen LogP contribution in [0.5, 0.6) is 0 Å². The lowest BCUT2D eigenvalue weighted by Gasteiger charge is -2.39. The van der Waals surface area contributed by atoms with Gasteiger partial charge in [-0.2, -0.15) is 0 Å². The van der Waals surface area contributed by atoms with Gasteiger partial charge in [0.1, 0.15) is 5.60 Å². The molecule has 0 unspecified atom stereocenters. The summed E-state index contributed by atoms with van der Waals surface area (Å²) >= 11 is 0. The Labute approximate surface area is 91.1 Å². The van der Waals surface area contributed by atoms with Gasteiger partial charge in [0.05, 0.1) is 5.60 Å². The van der Waals surface area contributed by atoms with E-state index >= 15 is 0 Å². The van der Waals surface area contributed by atoms with Gasteiger partial charge in [0.25, 0.3) is 0 Å². The molecule has 0 amide bonds. The van der Waals surface area contributed by atoms with E-state index in [2.05, 4.69) is 6.58 Å². The van der Waals surface area contributed by atoms with Crippen molar-refractivity contribution in [2.45, 2.75) is 57.7 Å². The van der Waals surface area contributed by atoms with Crippen molar-refractivity contribution in [2.75, 3.05) is 0 Å². The minimum atomic E-state index is -0.602. The smallest absolute Gasteiger partial charge is 0.333 e. The molecule has 0 atom stereocenters. The first-order chi connectivity index (χ1) is 6.74. The lowest BCUT2D eigenvalue weighted by atomic mass is 9.78. The second-order valence-electron chi connectivity index (χ2n) is 5.12. The third-order valence-electron chi connectivity index (χ3n) is 3.07. The van der Waals surface area contributed by atoms with Crippen LogP contribution in [0.15, 0.2) is 12.2 Å². The third-order valence-corrected chi connectivity index (χ3v) is 3.07. The van der Waals surface area contributed by atoms with Crippen LogP contribution in [0.1, 0.15) is 46.5 Å². The largest absolute Gasteiger partial charge is 0.456 e. The molecule has 0 aromatic heterocycles. The van der Waals surface area contributed by atoms with E-state index in [4.69, 9.17) is 4.74 Å². The molecule has 1 aliphatic rings. The van der Waals surface area contributed by atoms with E-state index in [0.717, 1.165) is 0 Å². The fourth-order valence-corrected chi connectivity index (χ4v) is 1.73. The summed E-state index contributed by atoms with van der Waals surface area (Å²) < 4.78 is 5.38. The average molecular weight is 212 g/mol. The summed E-state index contributed by atoms with van der Waals surface area (Å²) in [6.45, 7) is 8.95. The van der Waals surface area contributed by atoms with Crippen molar-refractivity contribution in [1.29, 1.82) is 0 Å². The Kier molecular flexibility index (Phi) is 3.24. The molecule has 1 N–H and O–H groups in total. The number of rotatable bonds is 2. The molecule has 1 saturated carbocycles. The van der Waals surface area contributed by atoms with E-state index in [0.29, 0.717) is 31.3 Å². The van der Waals surface area contributed by atoms with Gasteiger partial charge in [-0.05, 0) is 46.5 Å². The zero-order valence-electron chi connectivity index (χ0n) is 9.80. The van der Waals surface area contributed by atoms with Crippen LogP contribution in [0.25, 0.3) is 0 Å². The van der Waals surface area contributed by atoms with Gasteiger partial charge in [0.15, 0.2) is 0 Å². The number of hydrogen-bond acceptors (Lipinski definition) is 3. The highest BCUT2D eigenvalue weighted by Crippen LogP contribution is 2.37. The number of esters is 1. The van der Waals surface area contributed by atoms with Crippen LogP contribution in [0.4, 0.5) is 0 Å². The quantitative estimate of drug-likeness (QED) is 0.563. The Morgan fingerprint density at radius 3 is 2.13 bits per heavy atom. The molecule has 15 heavy (non-hydrogen) atoms. The molecule has 3 heteroatoms. The second kappa shape index (κ2) is 3.97.